The van der Waals surface area contributed by atoms with Crippen LogP contribution in [-0.2, 0) is 21.4 Å². The van der Waals surface area contributed by atoms with Crippen molar-refractivity contribution in [3.63, 3.8) is 0 Å². The van der Waals surface area contributed by atoms with Gasteiger partial charge in [-0.25, -0.2) is 0 Å². The van der Waals surface area contributed by atoms with Gasteiger partial charge < -0.3 is 15.5 Å². The van der Waals surface area contributed by atoms with Crippen LogP contribution in [-0.4, -0.2) is 27.1 Å². The molecular weight excluding hydrogens is 488 g/mol. The second-order valence-electron chi connectivity index (χ2n) is 9.77. The van der Waals surface area contributed by atoms with E-state index in [9.17, 15) is 19.8 Å². The number of phenolic OH excluding ortho intramolecular Hbond substituents is 1. The number of carboxylic acid groups (broad SMARTS) is 1. The molecule has 1 amide bonds. The molecule has 2 unspecified atom stereocenters. The smallest absolute Gasteiger partial charge is 0.307 e. The fraction of sp³-hybridized carbons (Fsp3) is 0.167. The van der Waals surface area contributed by atoms with Crippen molar-refractivity contribution in [1.29, 1.82) is 0 Å². The molecule has 1 aliphatic carbocycles. The summed E-state index contributed by atoms with van der Waals surface area (Å²) in [5.41, 5.74) is 6.38. The Hall–Kier alpha value is -4.16. The summed E-state index contributed by atoms with van der Waals surface area (Å²) in [6.45, 7) is 1.90. The van der Waals surface area contributed by atoms with E-state index in [1.165, 1.54) is 0 Å². The van der Waals surface area contributed by atoms with Gasteiger partial charge >= 0.3 is 5.97 Å². The number of carboxylic acids is 1. The van der Waals surface area contributed by atoms with E-state index in [0.29, 0.717) is 28.4 Å². The number of amides is 1. The van der Waals surface area contributed by atoms with Gasteiger partial charge in [-0.1, -0.05) is 54.1 Å². The molecule has 6 rings (SSSR count). The van der Waals surface area contributed by atoms with Crippen molar-refractivity contribution >= 4 is 29.2 Å². The number of benzene rings is 3. The molecule has 0 saturated heterocycles. The zero-order valence-corrected chi connectivity index (χ0v) is 20.7. The average molecular weight is 511 g/mol. The fourth-order valence-electron chi connectivity index (χ4n) is 5.50. The lowest BCUT2D eigenvalue weighted by molar-refractivity contribution is -0.136. The van der Waals surface area contributed by atoms with Gasteiger partial charge in [-0.15, -0.1) is 0 Å². The quantitative estimate of drug-likeness (QED) is 0.302. The monoisotopic (exact) mass is 510 g/mol. The van der Waals surface area contributed by atoms with Gasteiger partial charge in [-0.2, -0.15) is 0 Å². The molecule has 2 aliphatic rings. The minimum atomic E-state index is -0.880. The van der Waals surface area contributed by atoms with E-state index in [1.807, 2.05) is 55.5 Å². The average Bonchev–Trinajstić information content (AvgIpc) is 3.56. The number of carbonyl (C=O) groups excluding carboxylic acids is 1. The highest BCUT2D eigenvalue weighted by molar-refractivity contribution is 6.34. The summed E-state index contributed by atoms with van der Waals surface area (Å²) in [5, 5.41) is 22.9. The van der Waals surface area contributed by atoms with E-state index in [-0.39, 0.29) is 24.0 Å². The Balaban J connectivity index is 1.36. The van der Waals surface area contributed by atoms with Crippen LogP contribution in [0.15, 0.2) is 72.9 Å². The van der Waals surface area contributed by atoms with Crippen LogP contribution in [0.3, 0.4) is 0 Å². The van der Waals surface area contributed by atoms with E-state index >= 15 is 0 Å². The number of hydrogen-bond acceptors (Lipinski definition) is 4. The molecule has 1 aliphatic heterocycles. The Morgan fingerprint density at radius 1 is 1.11 bits per heavy atom. The molecule has 1 saturated carbocycles. The molecular formula is C30H23ClN2O4. The maximum atomic E-state index is 13.2. The first-order valence-corrected chi connectivity index (χ1v) is 12.4. The lowest BCUT2D eigenvalue weighted by Crippen LogP contribution is -2.21. The van der Waals surface area contributed by atoms with E-state index in [0.717, 1.165) is 33.4 Å². The molecule has 6 nitrogen and oxygen atoms in total. The first kappa shape index (κ1) is 23.3. The van der Waals surface area contributed by atoms with Crippen LogP contribution < -0.4 is 5.32 Å². The maximum absolute atomic E-state index is 13.2. The zero-order valence-electron chi connectivity index (χ0n) is 20.0. The molecule has 4 aromatic rings. The summed E-state index contributed by atoms with van der Waals surface area (Å²) in [7, 11) is 0. The van der Waals surface area contributed by atoms with Crippen molar-refractivity contribution in [3.8, 4) is 28.1 Å². The third-order valence-corrected chi connectivity index (χ3v) is 7.89. The third kappa shape index (κ3) is 3.76. The number of phenols is 1. The van der Waals surface area contributed by atoms with Gasteiger partial charge in [0.05, 0.1) is 22.6 Å². The highest BCUT2D eigenvalue weighted by Crippen LogP contribution is 2.65. The first-order valence-electron chi connectivity index (χ1n) is 12.0. The topological polar surface area (TPSA) is 99.5 Å². The van der Waals surface area contributed by atoms with Crippen molar-refractivity contribution in [2.45, 2.75) is 31.1 Å². The number of hydrogen-bond donors (Lipinski definition) is 3. The first-order chi connectivity index (χ1) is 17.8. The number of aryl methyl sites for hydroxylation is 1. The summed E-state index contributed by atoms with van der Waals surface area (Å²) in [6.07, 6.45) is 2.29. The summed E-state index contributed by atoms with van der Waals surface area (Å²) in [5.74, 6) is -0.812. The van der Waals surface area contributed by atoms with Crippen LogP contribution in [0.4, 0.5) is 5.69 Å². The number of carbonyl (C=O) groups is 2. The molecule has 7 heteroatoms. The van der Waals surface area contributed by atoms with E-state index in [1.54, 1.807) is 24.4 Å². The van der Waals surface area contributed by atoms with Crippen molar-refractivity contribution in [2.24, 2.45) is 0 Å². The van der Waals surface area contributed by atoms with Crippen LogP contribution in [0, 0.1) is 6.92 Å². The van der Waals surface area contributed by atoms with Gasteiger partial charge in [-0.05, 0) is 59.9 Å². The number of anilines is 1. The second kappa shape index (κ2) is 8.46. The van der Waals surface area contributed by atoms with Crippen molar-refractivity contribution in [3.05, 3.63) is 100 Å². The number of pyridine rings is 1. The van der Waals surface area contributed by atoms with Gasteiger partial charge in [-0.3, -0.25) is 14.6 Å². The Morgan fingerprint density at radius 3 is 2.65 bits per heavy atom. The number of aromatic nitrogens is 1. The largest absolute Gasteiger partial charge is 0.507 e. The predicted molar refractivity (Wildman–Crippen MR) is 142 cm³/mol. The van der Waals surface area contributed by atoms with Crippen molar-refractivity contribution in [1.82, 2.24) is 4.98 Å². The molecule has 3 N–H and O–H groups in total. The van der Waals surface area contributed by atoms with Crippen LogP contribution in [0.1, 0.15) is 34.6 Å². The Kier molecular flexibility index (Phi) is 5.31. The summed E-state index contributed by atoms with van der Waals surface area (Å²) < 4.78 is 0. The molecule has 184 valence electrons. The fourth-order valence-corrected chi connectivity index (χ4v) is 5.76. The standard InChI is InChI=1S/C30H23ClN2O4/c1-16-6-7-17(10-19(16)11-28(35)36)23-14-30(23)22-12-21(24(31)13-26(22)33-29(30)37)25-9-8-18(15-32-25)20-4-2-3-5-27(20)34/h2-10,12-13,15,23,34H,11,14H2,1H3,(H,33,37)(H,35,36). The van der Waals surface area contributed by atoms with Gasteiger partial charge in [0.2, 0.25) is 5.91 Å². The molecule has 1 aromatic heterocycles. The normalized spacial score (nSPS) is 19.5. The summed E-state index contributed by atoms with van der Waals surface area (Å²) in [4.78, 5) is 29.2. The molecule has 1 fully saturated rings. The Labute approximate surface area is 218 Å². The van der Waals surface area contributed by atoms with Gasteiger partial charge in [0.15, 0.2) is 0 Å². The molecule has 0 radical (unpaired) electrons. The molecule has 37 heavy (non-hydrogen) atoms. The third-order valence-electron chi connectivity index (χ3n) is 7.57. The van der Waals surface area contributed by atoms with Crippen molar-refractivity contribution in [2.75, 3.05) is 5.32 Å². The summed E-state index contributed by atoms with van der Waals surface area (Å²) in [6, 6.07) is 20.4. The van der Waals surface area contributed by atoms with Gasteiger partial charge in [0.25, 0.3) is 0 Å². The van der Waals surface area contributed by atoms with Crippen LogP contribution in [0.2, 0.25) is 5.02 Å². The lowest BCUT2D eigenvalue weighted by Gasteiger charge is -2.13. The lowest BCUT2D eigenvalue weighted by atomic mass is 9.89. The molecule has 2 heterocycles. The maximum Gasteiger partial charge on any atom is 0.307 e. The predicted octanol–water partition coefficient (Wildman–Crippen LogP) is 6.09. The minimum Gasteiger partial charge on any atom is -0.507 e. The van der Waals surface area contributed by atoms with Crippen molar-refractivity contribution < 1.29 is 19.8 Å². The highest BCUT2D eigenvalue weighted by Gasteiger charge is 2.65. The van der Waals surface area contributed by atoms with Gasteiger partial charge in [0.1, 0.15) is 5.75 Å². The molecule has 1 spiro atoms. The van der Waals surface area contributed by atoms with Gasteiger partial charge in [0, 0.05) is 34.5 Å². The van der Waals surface area contributed by atoms with Crippen LogP contribution in [0.25, 0.3) is 22.4 Å². The van der Waals surface area contributed by atoms with E-state index in [2.05, 4.69) is 10.3 Å². The second-order valence-corrected chi connectivity index (χ2v) is 10.2. The number of nitrogens with one attached hydrogen (secondary N) is 1. The Morgan fingerprint density at radius 2 is 1.92 bits per heavy atom. The molecule has 3 aromatic carbocycles. The number of nitrogens with zero attached hydrogens (tertiary/aromatic N) is 1. The summed E-state index contributed by atoms with van der Waals surface area (Å²) >= 11 is 6.64. The van der Waals surface area contributed by atoms with E-state index < -0.39 is 11.4 Å². The van der Waals surface area contributed by atoms with Crippen LogP contribution in [0.5, 0.6) is 5.75 Å². The highest BCUT2D eigenvalue weighted by atomic mass is 35.5. The Bertz CT molecular complexity index is 1600. The number of aliphatic carboxylic acids is 1. The number of halogens is 1. The van der Waals surface area contributed by atoms with Crippen LogP contribution >= 0.6 is 11.6 Å². The zero-order chi connectivity index (χ0) is 25.9. The SMILES string of the molecule is Cc1ccc(C2CC23C(=O)Nc2cc(Cl)c(-c4ccc(-c5ccccc5O)cn4)cc23)cc1CC(=O)O. The van der Waals surface area contributed by atoms with E-state index in [4.69, 9.17) is 11.6 Å². The number of para-hydroxylation sites is 1. The number of rotatable bonds is 5. The minimum absolute atomic E-state index is 0.0488. The number of aromatic hydroxyl groups is 1. The number of fused-ring (bicyclic) bond motifs is 2. The molecule has 2 atom stereocenters. The molecule has 0 bridgehead atoms.